The number of carbonyl (C=O) groups excluding carboxylic acids is 3. The second-order valence-electron chi connectivity index (χ2n) is 7.75. The van der Waals surface area contributed by atoms with Gasteiger partial charge in [-0.2, -0.15) is 5.10 Å². The molecule has 9 heteroatoms. The van der Waals surface area contributed by atoms with Gasteiger partial charge in [0.2, 0.25) is 11.8 Å². The molecular formula is C22H28N4O5. The van der Waals surface area contributed by atoms with E-state index in [1.807, 2.05) is 0 Å². The number of esters is 1. The highest BCUT2D eigenvalue weighted by Crippen LogP contribution is 2.19. The smallest absolute Gasteiger partial charge is 0.309 e. The number of aryl methyl sites for hydroxylation is 1. The minimum atomic E-state index is -0.258. The zero-order chi connectivity index (χ0) is 22.5. The number of aromatic nitrogens is 2. The Morgan fingerprint density at radius 2 is 1.81 bits per heavy atom. The predicted octanol–water partition coefficient (Wildman–Crippen LogP) is 0.736. The molecule has 0 radical (unpaired) electrons. The van der Waals surface area contributed by atoms with Crippen LogP contribution in [0.15, 0.2) is 29.1 Å². The molecule has 1 aliphatic rings. The van der Waals surface area contributed by atoms with Gasteiger partial charge in [-0.3, -0.25) is 19.2 Å². The third-order valence-corrected chi connectivity index (χ3v) is 5.62. The molecule has 1 fully saturated rings. The standard InChI is InChI=1S/C22H28N4O5/c1-4-31-22(30)15-9-11-26(12-10-15)20(28)14-24(2)19(27)13-18-16-7-5-6-8-17(16)21(29)25(3)23-18/h5-8,15H,4,9-14H2,1-3H3. The number of rotatable bonds is 6. The van der Waals surface area contributed by atoms with Crippen LogP contribution in [0, 0.1) is 5.92 Å². The third kappa shape index (κ3) is 5.10. The van der Waals surface area contributed by atoms with Gasteiger partial charge < -0.3 is 14.5 Å². The van der Waals surface area contributed by atoms with Crippen molar-refractivity contribution >= 4 is 28.6 Å². The number of likely N-dealkylation sites (tertiary alicyclic amines) is 1. The van der Waals surface area contributed by atoms with E-state index in [-0.39, 0.29) is 42.2 Å². The van der Waals surface area contributed by atoms with Crippen molar-refractivity contribution in [3.05, 3.63) is 40.3 Å². The van der Waals surface area contributed by atoms with Crippen LogP contribution < -0.4 is 5.56 Å². The molecule has 31 heavy (non-hydrogen) atoms. The van der Waals surface area contributed by atoms with Gasteiger partial charge in [0.05, 0.1) is 36.6 Å². The van der Waals surface area contributed by atoms with Gasteiger partial charge in [0.1, 0.15) is 0 Å². The summed E-state index contributed by atoms with van der Waals surface area (Å²) in [5.74, 6) is -0.797. The Kier molecular flexibility index (Phi) is 7.04. The first-order valence-electron chi connectivity index (χ1n) is 10.4. The van der Waals surface area contributed by atoms with Crippen LogP contribution in [-0.2, 0) is 32.6 Å². The zero-order valence-electron chi connectivity index (χ0n) is 18.2. The van der Waals surface area contributed by atoms with E-state index in [0.29, 0.717) is 49.0 Å². The van der Waals surface area contributed by atoms with Gasteiger partial charge in [-0.1, -0.05) is 18.2 Å². The maximum atomic E-state index is 12.8. The van der Waals surface area contributed by atoms with Crippen LogP contribution in [-0.4, -0.2) is 70.7 Å². The van der Waals surface area contributed by atoms with Crippen LogP contribution in [0.4, 0.5) is 0 Å². The number of benzene rings is 1. The fourth-order valence-corrected chi connectivity index (χ4v) is 3.80. The zero-order valence-corrected chi connectivity index (χ0v) is 18.2. The van der Waals surface area contributed by atoms with E-state index in [1.54, 1.807) is 50.2 Å². The molecule has 0 atom stereocenters. The summed E-state index contributed by atoms with van der Waals surface area (Å²) in [5, 5.41) is 5.39. The van der Waals surface area contributed by atoms with E-state index < -0.39 is 0 Å². The van der Waals surface area contributed by atoms with Crippen molar-refractivity contribution in [3.63, 3.8) is 0 Å². The number of hydrogen-bond acceptors (Lipinski definition) is 6. The lowest BCUT2D eigenvalue weighted by Crippen LogP contribution is -2.46. The van der Waals surface area contributed by atoms with Gasteiger partial charge in [0.25, 0.3) is 5.56 Å². The highest BCUT2D eigenvalue weighted by molar-refractivity contribution is 5.90. The van der Waals surface area contributed by atoms with E-state index in [4.69, 9.17) is 4.74 Å². The van der Waals surface area contributed by atoms with Crippen molar-refractivity contribution in [1.82, 2.24) is 19.6 Å². The lowest BCUT2D eigenvalue weighted by atomic mass is 9.97. The summed E-state index contributed by atoms with van der Waals surface area (Å²) in [6.07, 6.45) is 1.12. The Hall–Kier alpha value is -3.23. The molecule has 9 nitrogen and oxygen atoms in total. The fraction of sp³-hybridized carbons (Fsp3) is 0.500. The van der Waals surface area contributed by atoms with Gasteiger partial charge >= 0.3 is 5.97 Å². The molecule has 2 aromatic rings. The van der Waals surface area contributed by atoms with Crippen LogP contribution in [0.3, 0.4) is 0 Å². The van der Waals surface area contributed by atoms with Gasteiger partial charge in [0.15, 0.2) is 0 Å². The first-order valence-corrected chi connectivity index (χ1v) is 10.4. The van der Waals surface area contributed by atoms with Crippen LogP contribution in [0.2, 0.25) is 0 Å². The molecule has 166 valence electrons. The summed E-state index contributed by atoms with van der Waals surface area (Å²) < 4.78 is 6.28. The third-order valence-electron chi connectivity index (χ3n) is 5.62. The molecule has 1 aromatic carbocycles. The molecule has 0 unspecified atom stereocenters. The predicted molar refractivity (Wildman–Crippen MR) is 114 cm³/mol. The number of likely N-dealkylation sites (N-methyl/N-ethyl adjacent to an activating group) is 1. The molecule has 1 aromatic heterocycles. The number of nitrogens with zero attached hydrogens (tertiary/aromatic N) is 4. The Morgan fingerprint density at radius 1 is 1.16 bits per heavy atom. The van der Waals surface area contributed by atoms with Crippen LogP contribution in [0.5, 0.6) is 0 Å². The van der Waals surface area contributed by atoms with E-state index in [2.05, 4.69) is 5.10 Å². The van der Waals surface area contributed by atoms with Crippen molar-refractivity contribution in [2.75, 3.05) is 33.3 Å². The maximum absolute atomic E-state index is 12.8. The van der Waals surface area contributed by atoms with Gasteiger partial charge in [-0.05, 0) is 25.8 Å². The highest BCUT2D eigenvalue weighted by Gasteiger charge is 2.29. The minimum absolute atomic E-state index is 0.0106. The summed E-state index contributed by atoms with van der Waals surface area (Å²) in [6, 6.07) is 7.04. The van der Waals surface area contributed by atoms with Crippen LogP contribution in [0.25, 0.3) is 10.8 Å². The van der Waals surface area contributed by atoms with Crippen molar-refractivity contribution in [2.45, 2.75) is 26.2 Å². The molecule has 2 amide bonds. The second-order valence-corrected chi connectivity index (χ2v) is 7.75. The lowest BCUT2D eigenvalue weighted by molar-refractivity contribution is -0.151. The number of piperidine rings is 1. The number of hydrogen-bond donors (Lipinski definition) is 0. The average molecular weight is 428 g/mol. The normalized spacial score (nSPS) is 14.5. The minimum Gasteiger partial charge on any atom is -0.466 e. The SMILES string of the molecule is CCOC(=O)C1CCN(C(=O)CN(C)C(=O)Cc2nn(C)c(=O)c3ccccc23)CC1. The number of carbonyl (C=O) groups is 3. The summed E-state index contributed by atoms with van der Waals surface area (Å²) in [5.41, 5.74) is 0.277. The first-order chi connectivity index (χ1) is 14.8. The van der Waals surface area contributed by atoms with Gasteiger partial charge in [0, 0.05) is 32.6 Å². The quantitative estimate of drug-likeness (QED) is 0.629. The molecule has 0 saturated carbocycles. The van der Waals surface area contributed by atoms with E-state index in [0.717, 1.165) is 0 Å². The number of amides is 2. The van der Waals surface area contributed by atoms with Crippen molar-refractivity contribution < 1.29 is 19.1 Å². The largest absolute Gasteiger partial charge is 0.466 e. The van der Waals surface area contributed by atoms with E-state index in [1.165, 1.54) is 9.58 Å². The van der Waals surface area contributed by atoms with Crippen LogP contribution in [0.1, 0.15) is 25.5 Å². The molecule has 2 heterocycles. The molecule has 0 aliphatic carbocycles. The van der Waals surface area contributed by atoms with E-state index in [9.17, 15) is 19.2 Å². The van der Waals surface area contributed by atoms with Gasteiger partial charge in [-0.25, -0.2) is 4.68 Å². The summed E-state index contributed by atoms with van der Waals surface area (Å²) in [4.78, 5) is 52.5. The molecule has 0 spiro atoms. The summed E-state index contributed by atoms with van der Waals surface area (Å²) >= 11 is 0. The summed E-state index contributed by atoms with van der Waals surface area (Å²) in [6.45, 7) is 3.02. The fourth-order valence-electron chi connectivity index (χ4n) is 3.80. The van der Waals surface area contributed by atoms with Crippen molar-refractivity contribution in [1.29, 1.82) is 0 Å². The Bertz CT molecular complexity index is 1040. The van der Waals surface area contributed by atoms with Crippen molar-refractivity contribution in [2.24, 2.45) is 13.0 Å². The number of fused-ring (bicyclic) bond motifs is 1. The van der Waals surface area contributed by atoms with Gasteiger partial charge in [-0.15, -0.1) is 0 Å². The molecule has 0 bridgehead atoms. The Morgan fingerprint density at radius 3 is 2.45 bits per heavy atom. The van der Waals surface area contributed by atoms with Crippen molar-refractivity contribution in [3.8, 4) is 0 Å². The summed E-state index contributed by atoms with van der Waals surface area (Å²) in [7, 11) is 3.13. The molecule has 3 rings (SSSR count). The second kappa shape index (κ2) is 9.72. The molecule has 1 saturated heterocycles. The van der Waals surface area contributed by atoms with E-state index >= 15 is 0 Å². The first kappa shape index (κ1) is 22.5. The highest BCUT2D eigenvalue weighted by atomic mass is 16.5. The molecule has 1 aliphatic heterocycles. The molecular weight excluding hydrogens is 400 g/mol. The Balaban J connectivity index is 1.60. The Labute approximate surface area is 180 Å². The molecule has 0 N–H and O–H groups in total. The van der Waals surface area contributed by atoms with Crippen LogP contribution >= 0.6 is 0 Å². The topological polar surface area (TPSA) is 102 Å². The lowest BCUT2D eigenvalue weighted by Gasteiger charge is -2.32. The maximum Gasteiger partial charge on any atom is 0.309 e. The monoisotopic (exact) mass is 428 g/mol. The number of ether oxygens (including phenoxy) is 1. The average Bonchev–Trinajstić information content (AvgIpc) is 2.77.